The van der Waals surface area contributed by atoms with Crippen LogP contribution in [0.5, 0.6) is 0 Å². The van der Waals surface area contributed by atoms with Crippen molar-refractivity contribution in [3.05, 3.63) is 35.8 Å². The fourth-order valence-electron chi connectivity index (χ4n) is 2.98. The zero-order chi connectivity index (χ0) is 15.8. The number of anilines is 2. The van der Waals surface area contributed by atoms with Gasteiger partial charge in [0.15, 0.2) is 0 Å². The number of aromatic nitrogens is 4. The highest BCUT2D eigenvalue weighted by molar-refractivity contribution is 7.20. The Hall–Kier alpha value is -2.15. The first-order chi connectivity index (χ1) is 11.2. The van der Waals surface area contributed by atoms with Gasteiger partial charge in [0.1, 0.15) is 5.82 Å². The number of nitrogens with one attached hydrogen (secondary N) is 1. The maximum absolute atomic E-state index is 4.65. The van der Waals surface area contributed by atoms with Gasteiger partial charge in [-0.3, -0.25) is 0 Å². The molecule has 0 aromatic carbocycles. The van der Waals surface area contributed by atoms with Crippen LogP contribution in [-0.4, -0.2) is 39.2 Å². The van der Waals surface area contributed by atoms with E-state index in [9.17, 15) is 0 Å². The first kappa shape index (κ1) is 14.4. The van der Waals surface area contributed by atoms with Crippen molar-refractivity contribution >= 4 is 27.2 Å². The van der Waals surface area contributed by atoms with E-state index in [0.717, 1.165) is 41.2 Å². The molecule has 0 saturated carbocycles. The summed E-state index contributed by atoms with van der Waals surface area (Å²) < 4.78 is 1.89. The molecule has 1 aliphatic rings. The summed E-state index contributed by atoms with van der Waals surface area (Å²) in [6.45, 7) is 7.13. The van der Waals surface area contributed by atoms with Crippen molar-refractivity contribution < 1.29 is 0 Å². The summed E-state index contributed by atoms with van der Waals surface area (Å²) in [6.07, 6.45) is 5.01. The summed E-state index contributed by atoms with van der Waals surface area (Å²) in [5.41, 5.74) is 2.25. The predicted octanol–water partition coefficient (Wildman–Crippen LogP) is 2.74. The molecule has 0 bridgehead atoms. The molecule has 6 nitrogen and oxygen atoms in total. The maximum atomic E-state index is 4.65. The van der Waals surface area contributed by atoms with Gasteiger partial charge in [0.05, 0.1) is 11.9 Å². The van der Waals surface area contributed by atoms with Crippen LogP contribution in [-0.2, 0) is 0 Å². The van der Waals surface area contributed by atoms with Crippen molar-refractivity contribution in [3.8, 4) is 0 Å². The van der Waals surface area contributed by atoms with E-state index in [1.54, 1.807) is 11.3 Å². The Morgan fingerprint density at radius 1 is 1.39 bits per heavy atom. The largest absolute Gasteiger partial charge is 0.370 e. The van der Waals surface area contributed by atoms with Crippen molar-refractivity contribution in [1.29, 1.82) is 0 Å². The maximum Gasteiger partial charge on any atom is 0.214 e. The summed E-state index contributed by atoms with van der Waals surface area (Å²) in [5.74, 6) is 1.59. The second-order valence-electron chi connectivity index (χ2n) is 6.19. The fraction of sp³-hybridized carbons (Fsp3) is 0.438. The monoisotopic (exact) mass is 328 g/mol. The molecule has 0 unspecified atom stereocenters. The topological polar surface area (TPSA) is 58.4 Å². The molecule has 7 heteroatoms. The Morgan fingerprint density at radius 3 is 3.13 bits per heavy atom. The lowest BCUT2D eigenvalue weighted by Gasteiger charge is -2.15. The molecule has 4 rings (SSSR count). The van der Waals surface area contributed by atoms with Gasteiger partial charge >= 0.3 is 0 Å². The van der Waals surface area contributed by atoms with Gasteiger partial charge in [-0.05, 0) is 43.9 Å². The van der Waals surface area contributed by atoms with Crippen LogP contribution in [0.3, 0.4) is 0 Å². The average molecular weight is 328 g/mol. The Bertz CT molecular complexity index is 791. The van der Waals surface area contributed by atoms with Gasteiger partial charge in [-0.1, -0.05) is 11.3 Å². The Kier molecular flexibility index (Phi) is 3.65. The van der Waals surface area contributed by atoms with E-state index in [1.165, 1.54) is 12.0 Å². The molecule has 4 heterocycles. The van der Waals surface area contributed by atoms with Crippen LogP contribution in [0.15, 0.2) is 24.5 Å². The molecule has 0 aliphatic carbocycles. The standard InChI is InChI=1S/C16H20N6S/c1-11-3-5-17-14(7-11)18-8-13-4-6-21(10-13)16-20-22-9-12(2)19-15(22)23-16/h3,5,7,9,13H,4,6,8,10H2,1-2H3,(H,17,18)/t13-/m0/s1. The second-order valence-corrected chi connectivity index (χ2v) is 7.13. The molecule has 0 amide bonds. The third-order valence-corrected chi connectivity index (χ3v) is 5.18. The van der Waals surface area contributed by atoms with E-state index in [4.69, 9.17) is 0 Å². The number of pyridine rings is 1. The van der Waals surface area contributed by atoms with Crippen LogP contribution < -0.4 is 10.2 Å². The van der Waals surface area contributed by atoms with Crippen molar-refractivity contribution in [2.24, 2.45) is 5.92 Å². The number of fused-ring (bicyclic) bond motifs is 1. The molecule has 3 aromatic heterocycles. The average Bonchev–Trinajstić information content (AvgIpc) is 3.19. The number of nitrogens with zero attached hydrogens (tertiary/aromatic N) is 5. The molecule has 1 aliphatic heterocycles. The summed E-state index contributed by atoms with van der Waals surface area (Å²) in [7, 11) is 0. The first-order valence-electron chi connectivity index (χ1n) is 7.92. The minimum absolute atomic E-state index is 0.621. The molecule has 1 atom stereocenters. The lowest BCUT2D eigenvalue weighted by atomic mass is 10.1. The third kappa shape index (κ3) is 3.01. The number of hydrogen-bond donors (Lipinski definition) is 1. The van der Waals surface area contributed by atoms with E-state index in [0.29, 0.717) is 5.92 Å². The number of rotatable bonds is 4. The highest BCUT2D eigenvalue weighted by Crippen LogP contribution is 2.28. The van der Waals surface area contributed by atoms with Crippen LogP contribution in [0.4, 0.5) is 10.9 Å². The van der Waals surface area contributed by atoms with Crippen LogP contribution in [0.1, 0.15) is 17.7 Å². The van der Waals surface area contributed by atoms with Crippen molar-refractivity contribution in [1.82, 2.24) is 19.6 Å². The molecule has 1 saturated heterocycles. The fourth-order valence-corrected chi connectivity index (χ4v) is 3.94. The number of imidazole rings is 1. The molecular formula is C16H20N6S. The molecule has 0 radical (unpaired) electrons. The van der Waals surface area contributed by atoms with Crippen LogP contribution >= 0.6 is 11.3 Å². The normalized spacial score (nSPS) is 18.0. The van der Waals surface area contributed by atoms with Crippen molar-refractivity contribution in [3.63, 3.8) is 0 Å². The van der Waals surface area contributed by atoms with Crippen LogP contribution in [0, 0.1) is 19.8 Å². The van der Waals surface area contributed by atoms with Gasteiger partial charge in [0, 0.05) is 25.8 Å². The smallest absolute Gasteiger partial charge is 0.214 e. The van der Waals surface area contributed by atoms with Gasteiger partial charge in [-0.25, -0.2) is 14.5 Å². The van der Waals surface area contributed by atoms with Gasteiger partial charge in [0.2, 0.25) is 10.1 Å². The van der Waals surface area contributed by atoms with Crippen molar-refractivity contribution in [2.75, 3.05) is 29.9 Å². The summed E-state index contributed by atoms with van der Waals surface area (Å²) >= 11 is 1.67. The van der Waals surface area contributed by atoms with E-state index in [2.05, 4.69) is 38.3 Å². The molecular weight excluding hydrogens is 308 g/mol. The van der Waals surface area contributed by atoms with E-state index in [1.807, 2.05) is 29.9 Å². The lowest BCUT2D eigenvalue weighted by Crippen LogP contribution is -2.22. The Morgan fingerprint density at radius 2 is 2.30 bits per heavy atom. The number of aryl methyl sites for hydroxylation is 2. The summed E-state index contributed by atoms with van der Waals surface area (Å²) in [6, 6.07) is 4.11. The SMILES string of the molecule is Cc1ccnc(NC[C@@H]2CCN(c3nn4cc(C)nc4s3)C2)c1. The highest BCUT2D eigenvalue weighted by atomic mass is 32.1. The molecule has 23 heavy (non-hydrogen) atoms. The molecule has 3 aromatic rings. The zero-order valence-electron chi connectivity index (χ0n) is 13.4. The minimum atomic E-state index is 0.621. The van der Waals surface area contributed by atoms with Crippen LogP contribution in [0.25, 0.3) is 4.96 Å². The summed E-state index contributed by atoms with van der Waals surface area (Å²) in [4.78, 5) is 12.2. The second kappa shape index (κ2) is 5.81. The van der Waals surface area contributed by atoms with Gasteiger partial charge in [-0.2, -0.15) is 0 Å². The van der Waals surface area contributed by atoms with Crippen molar-refractivity contribution in [2.45, 2.75) is 20.3 Å². The lowest BCUT2D eigenvalue weighted by molar-refractivity contribution is 0.621. The Labute approximate surface area is 139 Å². The van der Waals surface area contributed by atoms with Gasteiger partial charge in [0.25, 0.3) is 0 Å². The third-order valence-electron chi connectivity index (χ3n) is 4.20. The minimum Gasteiger partial charge on any atom is -0.370 e. The van der Waals surface area contributed by atoms with E-state index in [-0.39, 0.29) is 0 Å². The van der Waals surface area contributed by atoms with Gasteiger partial charge in [-0.15, -0.1) is 5.10 Å². The molecule has 0 spiro atoms. The quantitative estimate of drug-likeness (QED) is 0.798. The first-order valence-corrected chi connectivity index (χ1v) is 8.73. The van der Waals surface area contributed by atoms with E-state index >= 15 is 0 Å². The van der Waals surface area contributed by atoms with Gasteiger partial charge < -0.3 is 10.2 Å². The van der Waals surface area contributed by atoms with Crippen LogP contribution in [0.2, 0.25) is 0 Å². The molecule has 120 valence electrons. The number of hydrogen-bond acceptors (Lipinski definition) is 6. The predicted molar refractivity (Wildman–Crippen MR) is 93.4 cm³/mol. The molecule has 1 N–H and O–H groups in total. The zero-order valence-corrected chi connectivity index (χ0v) is 14.2. The molecule has 1 fully saturated rings. The highest BCUT2D eigenvalue weighted by Gasteiger charge is 2.25. The van der Waals surface area contributed by atoms with E-state index < -0.39 is 0 Å². The summed E-state index contributed by atoms with van der Waals surface area (Å²) in [5, 5.41) is 9.17. The Balaban J connectivity index is 1.37.